The molecule has 8 heteroatoms. The van der Waals surface area contributed by atoms with Gasteiger partial charge in [0.1, 0.15) is 11.6 Å². The van der Waals surface area contributed by atoms with Crippen LogP contribution in [0.15, 0.2) is 47.0 Å². The molecule has 1 saturated heterocycles. The van der Waals surface area contributed by atoms with E-state index in [0.29, 0.717) is 31.4 Å². The van der Waals surface area contributed by atoms with Gasteiger partial charge in [-0.05, 0) is 36.8 Å². The Bertz CT molecular complexity index is 1040. The van der Waals surface area contributed by atoms with Crippen LogP contribution in [-0.4, -0.2) is 34.1 Å². The summed E-state index contributed by atoms with van der Waals surface area (Å²) in [6.07, 6.45) is 0.287. The predicted octanol–water partition coefficient (Wildman–Crippen LogP) is 4.44. The normalized spacial score (nSPS) is 16.4. The number of benzene rings is 2. The van der Waals surface area contributed by atoms with E-state index in [4.69, 9.17) is 20.9 Å². The molecule has 1 unspecified atom stereocenters. The van der Waals surface area contributed by atoms with E-state index in [1.807, 2.05) is 31.2 Å². The van der Waals surface area contributed by atoms with E-state index in [1.54, 1.807) is 11.0 Å². The maximum absolute atomic E-state index is 13.3. The Morgan fingerprint density at radius 2 is 2.17 bits per heavy atom. The largest absolute Gasteiger partial charge is 0.494 e. The first kappa shape index (κ1) is 19.4. The molecule has 2 heterocycles. The summed E-state index contributed by atoms with van der Waals surface area (Å²) in [5.41, 5.74) is 1.55. The summed E-state index contributed by atoms with van der Waals surface area (Å²) >= 11 is 5.83. The van der Waals surface area contributed by atoms with Crippen LogP contribution in [0.3, 0.4) is 0 Å². The Kier molecular flexibility index (Phi) is 5.49. The van der Waals surface area contributed by atoms with Gasteiger partial charge in [-0.3, -0.25) is 4.79 Å². The fourth-order valence-corrected chi connectivity index (χ4v) is 3.56. The minimum Gasteiger partial charge on any atom is -0.494 e. The van der Waals surface area contributed by atoms with Gasteiger partial charge in [-0.2, -0.15) is 4.98 Å². The Morgan fingerprint density at radius 1 is 1.31 bits per heavy atom. The Hall–Kier alpha value is -2.93. The molecule has 0 bridgehead atoms. The molecule has 1 aliphatic heterocycles. The molecule has 3 aromatic rings. The lowest BCUT2D eigenvalue weighted by atomic mass is 10.1. The van der Waals surface area contributed by atoms with Crippen molar-refractivity contribution in [1.29, 1.82) is 0 Å². The van der Waals surface area contributed by atoms with E-state index in [1.165, 1.54) is 12.1 Å². The van der Waals surface area contributed by atoms with Crippen molar-refractivity contribution in [3.63, 3.8) is 0 Å². The fourth-order valence-electron chi connectivity index (χ4n) is 3.36. The molecule has 0 radical (unpaired) electrons. The third kappa shape index (κ3) is 4.24. The number of carbonyl (C=O) groups excluding carboxylic acids is 1. The van der Waals surface area contributed by atoms with Gasteiger partial charge in [-0.1, -0.05) is 35.0 Å². The quantitative estimate of drug-likeness (QED) is 0.595. The van der Waals surface area contributed by atoms with Crippen molar-refractivity contribution in [2.75, 3.05) is 13.2 Å². The lowest BCUT2D eigenvalue weighted by molar-refractivity contribution is -0.128. The van der Waals surface area contributed by atoms with Gasteiger partial charge in [0.15, 0.2) is 0 Å². The van der Waals surface area contributed by atoms with Crippen LogP contribution in [0.2, 0.25) is 5.02 Å². The highest BCUT2D eigenvalue weighted by molar-refractivity contribution is 6.30. The highest BCUT2D eigenvalue weighted by Crippen LogP contribution is 2.30. The van der Waals surface area contributed by atoms with Crippen LogP contribution in [0.5, 0.6) is 5.75 Å². The molecule has 0 spiro atoms. The lowest BCUT2D eigenvalue weighted by Gasteiger charge is -2.16. The van der Waals surface area contributed by atoms with Gasteiger partial charge < -0.3 is 14.2 Å². The number of amides is 1. The Morgan fingerprint density at radius 3 is 2.97 bits per heavy atom. The second-order valence-electron chi connectivity index (χ2n) is 6.84. The first-order valence-electron chi connectivity index (χ1n) is 9.32. The van der Waals surface area contributed by atoms with Crippen LogP contribution in [0.25, 0.3) is 11.4 Å². The van der Waals surface area contributed by atoms with Crippen molar-refractivity contribution in [3.8, 4) is 17.1 Å². The van der Waals surface area contributed by atoms with Crippen molar-refractivity contribution in [2.24, 2.45) is 0 Å². The number of rotatable bonds is 6. The molecular formula is C21H19ClFN3O3. The highest BCUT2D eigenvalue weighted by Gasteiger charge is 2.34. The van der Waals surface area contributed by atoms with Gasteiger partial charge in [0.05, 0.1) is 17.5 Å². The van der Waals surface area contributed by atoms with E-state index in [0.717, 1.165) is 16.9 Å². The standard InChI is InChI=1S/C21H19ClFN3O3/c1-2-28-16-5-3-4-14(9-16)20-24-21(29-25-20)15-10-19(27)26(12-15)11-13-6-7-18(23)17(22)8-13/h3-9,15H,2,10-12H2,1H3. The second-order valence-corrected chi connectivity index (χ2v) is 7.25. The number of hydrogen-bond donors (Lipinski definition) is 0. The van der Waals surface area contributed by atoms with Crippen LogP contribution < -0.4 is 4.74 Å². The minimum absolute atomic E-state index is 0.0199. The van der Waals surface area contributed by atoms with Crippen molar-refractivity contribution in [3.05, 3.63) is 64.8 Å². The summed E-state index contributed by atoms with van der Waals surface area (Å²) in [7, 11) is 0. The third-order valence-electron chi connectivity index (χ3n) is 4.77. The zero-order chi connectivity index (χ0) is 20.4. The SMILES string of the molecule is CCOc1cccc(-c2noc(C3CC(=O)N(Cc4ccc(F)c(Cl)c4)C3)n2)c1. The number of aromatic nitrogens is 2. The van der Waals surface area contributed by atoms with Gasteiger partial charge in [0, 0.05) is 25.1 Å². The molecule has 1 fully saturated rings. The van der Waals surface area contributed by atoms with Crippen LogP contribution >= 0.6 is 11.6 Å². The molecule has 0 N–H and O–H groups in total. The number of likely N-dealkylation sites (tertiary alicyclic amines) is 1. The average Bonchev–Trinajstić information content (AvgIpc) is 3.33. The summed E-state index contributed by atoms with van der Waals surface area (Å²) in [5, 5.41) is 4.10. The maximum atomic E-state index is 13.3. The van der Waals surface area contributed by atoms with Crippen LogP contribution in [0.1, 0.15) is 30.7 Å². The van der Waals surface area contributed by atoms with Gasteiger partial charge in [0.2, 0.25) is 17.6 Å². The number of halogens is 2. The molecule has 1 aliphatic rings. The Balaban J connectivity index is 1.47. The second kappa shape index (κ2) is 8.21. The minimum atomic E-state index is -0.479. The highest BCUT2D eigenvalue weighted by atomic mass is 35.5. The zero-order valence-electron chi connectivity index (χ0n) is 15.8. The summed E-state index contributed by atoms with van der Waals surface area (Å²) in [6.45, 7) is 3.29. The van der Waals surface area contributed by atoms with Gasteiger partial charge in [-0.15, -0.1) is 0 Å². The van der Waals surface area contributed by atoms with Crippen LogP contribution in [0.4, 0.5) is 4.39 Å². The molecule has 29 heavy (non-hydrogen) atoms. The molecule has 4 rings (SSSR count). The first-order valence-corrected chi connectivity index (χ1v) is 9.70. The Labute approximate surface area is 172 Å². The third-order valence-corrected chi connectivity index (χ3v) is 5.06. The summed E-state index contributed by atoms with van der Waals surface area (Å²) in [5.74, 6) is 0.931. The molecule has 1 amide bonds. The maximum Gasteiger partial charge on any atom is 0.232 e. The van der Waals surface area contributed by atoms with E-state index in [2.05, 4.69) is 10.1 Å². The van der Waals surface area contributed by atoms with Crippen LogP contribution in [0, 0.1) is 5.82 Å². The van der Waals surface area contributed by atoms with Gasteiger partial charge in [0.25, 0.3) is 0 Å². The summed E-state index contributed by atoms with van der Waals surface area (Å²) in [6, 6.07) is 11.9. The van der Waals surface area contributed by atoms with E-state index in [9.17, 15) is 9.18 Å². The van der Waals surface area contributed by atoms with Crippen molar-refractivity contribution < 1.29 is 18.4 Å². The number of carbonyl (C=O) groups is 1. The molecule has 1 aromatic heterocycles. The fraction of sp³-hybridized carbons (Fsp3) is 0.286. The smallest absolute Gasteiger partial charge is 0.232 e. The molecular weight excluding hydrogens is 397 g/mol. The molecule has 0 saturated carbocycles. The summed E-state index contributed by atoms with van der Waals surface area (Å²) in [4.78, 5) is 18.6. The molecule has 0 aliphatic carbocycles. The number of hydrogen-bond acceptors (Lipinski definition) is 5. The van der Waals surface area contributed by atoms with E-state index in [-0.39, 0.29) is 23.3 Å². The van der Waals surface area contributed by atoms with Gasteiger partial charge >= 0.3 is 0 Å². The average molecular weight is 416 g/mol. The van der Waals surface area contributed by atoms with E-state index >= 15 is 0 Å². The van der Waals surface area contributed by atoms with Gasteiger partial charge in [-0.25, -0.2) is 4.39 Å². The molecule has 150 valence electrons. The van der Waals surface area contributed by atoms with E-state index < -0.39 is 5.82 Å². The first-order chi connectivity index (χ1) is 14.0. The predicted molar refractivity (Wildman–Crippen MR) is 105 cm³/mol. The van der Waals surface area contributed by atoms with Crippen molar-refractivity contribution >= 4 is 17.5 Å². The zero-order valence-corrected chi connectivity index (χ0v) is 16.5. The number of nitrogens with zero attached hydrogens (tertiary/aromatic N) is 3. The van der Waals surface area contributed by atoms with Crippen molar-refractivity contribution in [2.45, 2.75) is 25.8 Å². The lowest BCUT2D eigenvalue weighted by Crippen LogP contribution is -2.24. The number of ether oxygens (including phenoxy) is 1. The molecule has 6 nitrogen and oxygen atoms in total. The van der Waals surface area contributed by atoms with Crippen LogP contribution in [-0.2, 0) is 11.3 Å². The van der Waals surface area contributed by atoms with Crippen molar-refractivity contribution in [1.82, 2.24) is 15.0 Å². The summed E-state index contributed by atoms with van der Waals surface area (Å²) < 4.78 is 24.3. The molecule has 1 atom stereocenters. The topological polar surface area (TPSA) is 68.5 Å². The monoisotopic (exact) mass is 415 g/mol. The molecule has 2 aromatic carbocycles.